The van der Waals surface area contributed by atoms with Crippen LogP contribution in [-0.4, -0.2) is 37.5 Å². The van der Waals surface area contributed by atoms with Gasteiger partial charge in [0.2, 0.25) is 5.91 Å². The van der Waals surface area contributed by atoms with Crippen LogP contribution in [0, 0.1) is 11.3 Å². The first-order chi connectivity index (χ1) is 6.88. The summed E-state index contributed by atoms with van der Waals surface area (Å²) >= 11 is 0. The van der Waals surface area contributed by atoms with E-state index in [-0.39, 0.29) is 17.2 Å². The molecule has 0 bridgehead atoms. The van der Waals surface area contributed by atoms with E-state index in [2.05, 4.69) is 38.0 Å². The molecule has 1 fully saturated rings. The molecule has 1 N–H and O–H groups in total. The number of carbonyl (C=O) groups is 1. The van der Waals surface area contributed by atoms with Gasteiger partial charge in [0.05, 0.1) is 0 Å². The van der Waals surface area contributed by atoms with Gasteiger partial charge in [-0.05, 0) is 38.4 Å². The van der Waals surface area contributed by atoms with Crippen LogP contribution in [0.5, 0.6) is 0 Å². The van der Waals surface area contributed by atoms with Gasteiger partial charge in [-0.15, -0.1) is 0 Å². The number of nitrogens with one attached hydrogen (secondary N) is 1. The summed E-state index contributed by atoms with van der Waals surface area (Å²) in [5.41, 5.74) is 0.182. The van der Waals surface area contributed by atoms with Gasteiger partial charge in [-0.25, -0.2) is 0 Å². The lowest BCUT2D eigenvalue weighted by molar-refractivity contribution is -0.126. The quantitative estimate of drug-likeness (QED) is 0.752. The molecule has 0 atom stereocenters. The van der Waals surface area contributed by atoms with Crippen molar-refractivity contribution >= 4 is 5.91 Å². The van der Waals surface area contributed by atoms with E-state index in [0.717, 1.165) is 32.5 Å². The molecule has 88 valence electrons. The van der Waals surface area contributed by atoms with Crippen molar-refractivity contribution in [3.05, 3.63) is 0 Å². The highest BCUT2D eigenvalue weighted by Crippen LogP contribution is 2.17. The van der Waals surface area contributed by atoms with Crippen LogP contribution in [0.3, 0.4) is 0 Å². The molecule has 15 heavy (non-hydrogen) atoms. The van der Waals surface area contributed by atoms with E-state index in [1.54, 1.807) is 0 Å². The van der Waals surface area contributed by atoms with Crippen molar-refractivity contribution < 1.29 is 4.79 Å². The predicted octanol–water partition coefficient (Wildman–Crippen LogP) is 1.49. The maximum absolute atomic E-state index is 11.8. The fraction of sp³-hybridized carbons (Fsp3) is 0.917. The summed E-state index contributed by atoms with van der Waals surface area (Å²) in [7, 11) is 2.11. The van der Waals surface area contributed by atoms with Gasteiger partial charge in [0, 0.05) is 12.5 Å². The highest BCUT2D eigenvalue weighted by atomic mass is 16.1. The first kappa shape index (κ1) is 12.5. The second-order valence-electron chi connectivity index (χ2n) is 5.86. The molecule has 1 aliphatic heterocycles. The third-order valence-corrected chi connectivity index (χ3v) is 2.88. The second kappa shape index (κ2) is 4.97. The lowest BCUT2D eigenvalue weighted by Gasteiger charge is -2.29. The molecule has 1 amide bonds. The molecule has 0 saturated carbocycles. The Kier molecular flexibility index (Phi) is 4.14. The fourth-order valence-electron chi connectivity index (χ4n) is 1.77. The first-order valence-electron chi connectivity index (χ1n) is 5.85. The van der Waals surface area contributed by atoms with Gasteiger partial charge >= 0.3 is 0 Å². The minimum Gasteiger partial charge on any atom is -0.355 e. The molecule has 0 spiro atoms. The molecule has 0 aromatic heterocycles. The van der Waals surface area contributed by atoms with Gasteiger partial charge in [-0.1, -0.05) is 20.8 Å². The Morgan fingerprint density at radius 2 is 1.87 bits per heavy atom. The van der Waals surface area contributed by atoms with E-state index < -0.39 is 0 Å². The summed E-state index contributed by atoms with van der Waals surface area (Å²) in [6, 6.07) is 0. The zero-order valence-corrected chi connectivity index (χ0v) is 10.5. The van der Waals surface area contributed by atoms with Gasteiger partial charge in [0.25, 0.3) is 0 Å². The van der Waals surface area contributed by atoms with Crippen LogP contribution in [-0.2, 0) is 4.79 Å². The third kappa shape index (κ3) is 4.65. The van der Waals surface area contributed by atoms with Crippen LogP contribution in [0.25, 0.3) is 0 Å². The number of hydrogen-bond donors (Lipinski definition) is 1. The lowest BCUT2D eigenvalue weighted by atomic mass is 9.94. The Balaban J connectivity index is 2.29. The fourth-order valence-corrected chi connectivity index (χ4v) is 1.77. The van der Waals surface area contributed by atoms with Gasteiger partial charge in [-0.2, -0.15) is 0 Å². The van der Waals surface area contributed by atoms with Crippen LogP contribution in [0.4, 0.5) is 0 Å². The summed E-state index contributed by atoms with van der Waals surface area (Å²) in [5.74, 6) is 0.488. The van der Waals surface area contributed by atoms with E-state index in [9.17, 15) is 4.79 Å². The largest absolute Gasteiger partial charge is 0.355 e. The van der Waals surface area contributed by atoms with E-state index in [4.69, 9.17) is 0 Å². The van der Waals surface area contributed by atoms with E-state index >= 15 is 0 Å². The highest BCUT2D eigenvalue weighted by molar-refractivity contribution is 5.78. The van der Waals surface area contributed by atoms with Crippen molar-refractivity contribution in [1.29, 1.82) is 0 Å². The highest BCUT2D eigenvalue weighted by Gasteiger charge is 2.24. The minimum atomic E-state index is 0.182. The molecular formula is C12H24N2O. The molecule has 1 heterocycles. The van der Waals surface area contributed by atoms with Gasteiger partial charge in [0.1, 0.15) is 0 Å². The van der Waals surface area contributed by atoms with Crippen molar-refractivity contribution in [2.24, 2.45) is 11.3 Å². The number of rotatable bonds is 2. The normalized spacial score (nSPS) is 20.3. The van der Waals surface area contributed by atoms with Crippen molar-refractivity contribution in [3.8, 4) is 0 Å². The Hall–Kier alpha value is -0.570. The zero-order chi connectivity index (χ0) is 11.5. The number of piperidine rings is 1. The maximum atomic E-state index is 11.8. The SMILES string of the molecule is CN1CCC(C(=O)NCC(C)(C)C)CC1. The van der Waals surface area contributed by atoms with Crippen LogP contribution >= 0.6 is 0 Å². The van der Waals surface area contributed by atoms with Gasteiger partial charge in [0.15, 0.2) is 0 Å². The van der Waals surface area contributed by atoms with Crippen molar-refractivity contribution in [2.75, 3.05) is 26.7 Å². The molecule has 0 aromatic rings. The number of amides is 1. The maximum Gasteiger partial charge on any atom is 0.223 e. The number of likely N-dealkylation sites (tertiary alicyclic amines) is 1. The molecular weight excluding hydrogens is 188 g/mol. The van der Waals surface area contributed by atoms with Crippen LogP contribution in [0.1, 0.15) is 33.6 Å². The molecule has 0 unspecified atom stereocenters. The molecule has 0 aromatic carbocycles. The van der Waals surface area contributed by atoms with Gasteiger partial charge in [-0.3, -0.25) is 4.79 Å². The summed E-state index contributed by atoms with van der Waals surface area (Å²) in [6.45, 7) is 9.30. The van der Waals surface area contributed by atoms with Crippen molar-refractivity contribution in [2.45, 2.75) is 33.6 Å². The van der Waals surface area contributed by atoms with E-state index in [0.29, 0.717) is 0 Å². The number of carbonyl (C=O) groups excluding carboxylic acids is 1. The summed E-state index contributed by atoms with van der Waals surface area (Å²) in [5, 5.41) is 3.05. The summed E-state index contributed by atoms with van der Waals surface area (Å²) in [4.78, 5) is 14.1. The second-order valence-corrected chi connectivity index (χ2v) is 5.86. The topological polar surface area (TPSA) is 32.3 Å². The molecule has 1 aliphatic rings. The average Bonchev–Trinajstić information content (AvgIpc) is 2.14. The Morgan fingerprint density at radius 1 is 1.33 bits per heavy atom. The Morgan fingerprint density at radius 3 is 2.33 bits per heavy atom. The standard InChI is InChI=1S/C12H24N2O/c1-12(2,3)9-13-11(15)10-5-7-14(4)8-6-10/h10H,5-9H2,1-4H3,(H,13,15). The van der Waals surface area contributed by atoms with E-state index in [1.807, 2.05) is 0 Å². The van der Waals surface area contributed by atoms with Crippen LogP contribution in [0.2, 0.25) is 0 Å². The molecule has 1 rings (SSSR count). The summed E-state index contributed by atoms with van der Waals surface area (Å²) < 4.78 is 0. The Labute approximate surface area is 93.2 Å². The van der Waals surface area contributed by atoms with E-state index in [1.165, 1.54) is 0 Å². The van der Waals surface area contributed by atoms with Crippen LogP contribution in [0.15, 0.2) is 0 Å². The van der Waals surface area contributed by atoms with Crippen LogP contribution < -0.4 is 5.32 Å². The zero-order valence-electron chi connectivity index (χ0n) is 10.5. The Bertz CT molecular complexity index is 212. The predicted molar refractivity (Wildman–Crippen MR) is 62.7 cm³/mol. The van der Waals surface area contributed by atoms with Gasteiger partial charge < -0.3 is 10.2 Å². The molecule has 1 saturated heterocycles. The molecule has 0 radical (unpaired) electrons. The van der Waals surface area contributed by atoms with Crippen molar-refractivity contribution in [1.82, 2.24) is 10.2 Å². The van der Waals surface area contributed by atoms with Crippen molar-refractivity contribution in [3.63, 3.8) is 0 Å². The number of nitrogens with zero attached hydrogens (tertiary/aromatic N) is 1. The summed E-state index contributed by atoms with van der Waals surface area (Å²) in [6.07, 6.45) is 2.01. The minimum absolute atomic E-state index is 0.182. The molecule has 3 heteroatoms. The lowest BCUT2D eigenvalue weighted by Crippen LogP contribution is -2.41. The molecule has 0 aliphatic carbocycles. The molecule has 3 nitrogen and oxygen atoms in total. The smallest absolute Gasteiger partial charge is 0.223 e. The third-order valence-electron chi connectivity index (χ3n) is 2.88. The monoisotopic (exact) mass is 212 g/mol. The number of hydrogen-bond acceptors (Lipinski definition) is 2. The average molecular weight is 212 g/mol. The first-order valence-corrected chi connectivity index (χ1v) is 5.85.